The van der Waals surface area contributed by atoms with E-state index < -0.39 is 12.5 Å². The van der Waals surface area contributed by atoms with Crippen LogP contribution in [0.25, 0.3) is 0 Å². The van der Waals surface area contributed by atoms with Gasteiger partial charge in [-0.15, -0.1) is 11.3 Å². The molecular formula is C19H12Cl2F2N2O3S. The standard InChI is InChI=1S/C19H12Cl2F2N2O3S/c20-12-5-3-10(8-14(12)25-18(27)16-2-1-7-29-16)17(26)24-11-4-6-15(13(21)9-11)28-19(22)23/h1-9,19H,(H,24,26)(H,25,27). The van der Waals surface area contributed by atoms with Crippen molar-refractivity contribution in [3.63, 3.8) is 0 Å². The summed E-state index contributed by atoms with van der Waals surface area (Å²) >= 11 is 13.3. The van der Waals surface area contributed by atoms with Gasteiger partial charge in [0.1, 0.15) is 5.75 Å². The normalized spacial score (nSPS) is 10.7. The number of nitrogens with one attached hydrogen (secondary N) is 2. The molecule has 0 saturated heterocycles. The first-order valence-electron chi connectivity index (χ1n) is 8.03. The van der Waals surface area contributed by atoms with Crippen LogP contribution in [0.15, 0.2) is 53.9 Å². The number of hydrogen-bond acceptors (Lipinski definition) is 4. The van der Waals surface area contributed by atoms with E-state index in [0.29, 0.717) is 4.88 Å². The number of amides is 2. The fourth-order valence-corrected chi connectivity index (χ4v) is 3.34. The zero-order chi connectivity index (χ0) is 21.0. The van der Waals surface area contributed by atoms with E-state index in [-0.39, 0.29) is 38.6 Å². The number of carbonyl (C=O) groups is 2. The minimum Gasteiger partial charge on any atom is -0.433 e. The van der Waals surface area contributed by atoms with Crippen LogP contribution >= 0.6 is 34.5 Å². The molecule has 0 atom stereocenters. The van der Waals surface area contributed by atoms with Crippen LogP contribution in [0.3, 0.4) is 0 Å². The Balaban J connectivity index is 1.74. The van der Waals surface area contributed by atoms with E-state index in [4.69, 9.17) is 23.2 Å². The molecule has 0 fully saturated rings. The fraction of sp³-hybridized carbons (Fsp3) is 0.0526. The van der Waals surface area contributed by atoms with Gasteiger partial charge in [-0.25, -0.2) is 0 Å². The molecule has 3 aromatic rings. The summed E-state index contributed by atoms with van der Waals surface area (Å²) < 4.78 is 28.8. The van der Waals surface area contributed by atoms with Crippen molar-refractivity contribution in [2.45, 2.75) is 6.61 Å². The molecule has 1 heterocycles. The molecule has 0 aliphatic carbocycles. The van der Waals surface area contributed by atoms with Crippen molar-refractivity contribution in [1.29, 1.82) is 0 Å². The van der Waals surface area contributed by atoms with Gasteiger partial charge in [0.2, 0.25) is 0 Å². The van der Waals surface area contributed by atoms with E-state index in [1.807, 2.05) is 0 Å². The molecule has 0 aliphatic rings. The van der Waals surface area contributed by atoms with Gasteiger partial charge in [-0.05, 0) is 47.8 Å². The van der Waals surface area contributed by atoms with Gasteiger partial charge in [0.05, 0.1) is 20.6 Å². The number of anilines is 2. The van der Waals surface area contributed by atoms with Gasteiger partial charge in [0, 0.05) is 11.3 Å². The number of alkyl halides is 2. The molecule has 2 amide bonds. The summed E-state index contributed by atoms with van der Waals surface area (Å²) in [5.41, 5.74) is 0.775. The van der Waals surface area contributed by atoms with Crippen molar-refractivity contribution in [3.8, 4) is 5.75 Å². The maximum Gasteiger partial charge on any atom is 0.387 e. The fourth-order valence-electron chi connectivity index (χ4n) is 2.33. The molecule has 0 saturated carbocycles. The van der Waals surface area contributed by atoms with E-state index in [2.05, 4.69) is 15.4 Å². The number of hydrogen-bond donors (Lipinski definition) is 2. The van der Waals surface area contributed by atoms with Crippen LogP contribution in [0.5, 0.6) is 5.75 Å². The number of benzene rings is 2. The summed E-state index contributed by atoms with van der Waals surface area (Å²) in [4.78, 5) is 25.2. The maximum absolute atomic E-state index is 12.5. The summed E-state index contributed by atoms with van der Waals surface area (Å²) in [6.07, 6.45) is 0. The van der Waals surface area contributed by atoms with Crippen molar-refractivity contribution in [1.82, 2.24) is 0 Å². The molecular weight excluding hydrogens is 445 g/mol. The van der Waals surface area contributed by atoms with E-state index in [0.717, 1.165) is 0 Å². The number of thiophene rings is 1. The molecule has 0 spiro atoms. The molecule has 0 unspecified atom stereocenters. The van der Waals surface area contributed by atoms with Crippen molar-refractivity contribution in [2.75, 3.05) is 10.6 Å². The second-order valence-corrected chi connectivity index (χ2v) is 7.37. The molecule has 10 heteroatoms. The quantitative estimate of drug-likeness (QED) is 0.466. The average molecular weight is 457 g/mol. The summed E-state index contributed by atoms with van der Waals surface area (Å²) in [5.74, 6) is -1.06. The zero-order valence-corrected chi connectivity index (χ0v) is 16.7. The zero-order valence-electron chi connectivity index (χ0n) is 14.4. The lowest BCUT2D eigenvalue weighted by molar-refractivity contribution is -0.0497. The second kappa shape index (κ2) is 9.21. The Morgan fingerprint density at radius 1 is 0.966 bits per heavy atom. The Hall–Kier alpha value is -2.68. The molecule has 5 nitrogen and oxygen atoms in total. The van der Waals surface area contributed by atoms with Crippen molar-refractivity contribution >= 4 is 57.7 Å². The Bertz CT molecular complexity index is 1050. The lowest BCUT2D eigenvalue weighted by Crippen LogP contribution is -2.14. The van der Waals surface area contributed by atoms with Gasteiger partial charge >= 0.3 is 6.61 Å². The van der Waals surface area contributed by atoms with Crippen LogP contribution < -0.4 is 15.4 Å². The third-order valence-electron chi connectivity index (χ3n) is 3.63. The van der Waals surface area contributed by atoms with Crippen LogP contribution in [-0.4, -0.2) is 18.4 Å². The smallest absolute Gasteiger partial charge is 0.387 e. The van der Waals surface area contributed by atoms with E-state index in [1.54, 1.807) is 17.5 Å². The number of rotatable bonds is 6. The van der Waals surface area contributed by atoms with Gasteiger partial charge in [-0.1, -0.05) is 29.3 Å². The lowest BCUT2D eigenvalue weighted by Gasteiger charge is -2.11. The number of halogens is 4. The largest absolute Gasteiger partial charge is 0.433 e. The maximum atomic E-state index is 12.5. The van der Waals surface area contributed by atoms with Crippen LogP contribution in [0.1, 0.15) is 20.0 Å². The Morgan fingerprint density at radius 3 is 2.41 bits per heavy atom. The molecule has 29 heavy (non-hydrogen) atoms. The van der Waals surface area contributed by atoms with E-state index in [1.165, 1.54) is 47.7 Å². The van der Waals surface area contributed by atoms with Gasteiger partial charge < -0.3 is 15.4 Å². The molecule has 150 valence electrons. The van der Waals surface area contributed by atoms with Gasteiger partial charge in [-0.2, -0.15) is 8.78 Å². The van der Waals surface area contributed by atoms with Crippen molar-refractivity contribution < 1.29 is 23.1 Å². The average Bonchev–Trinajstić information content (AvgIpc) is 3.20. The summed E-state index contributed by atoms with van der Waals surface area (Å²) in [7, 11) is 0. The summed E-state index contributed by atoms with van der Waals surface area (Å²) in [6.45, 7) is -3.01. The SMILES string of the molecule is O=C(Nc1ccc(OC(F)F)c(Cl)c1)c1ccc(Cl)c(NC(=O)c2cccs2)c1. The second-order valence-electron chi connectivity index (χ2n) is 5.60. The highest BCUT2D eigenvalue weighted by Crippen LogP contribution is 2.30. The predicted molar refractivity (Wildman–Crippen MR) is 110 cm³/mol. The highest BCUT2D eigenvalue weighted by molar-refractivity contribution is 7.12. The number of carbonyl (C=O) groups excluding carboxylic acids is 2. The summed E-state index contributed by atoms with van der Waals surface area (Å²) in [5, 5.41) is 7.20. The van der Waals surface area contributed by atoms with Crippen LogP contribution in [0.2, 0.25) is 10.0 Å². The van der Waals surface area contributed by atoms with Crippen LogP contribution in [0.4, 0.5) is 20.2 Å². The molecule has 2 N–H and O–H groups in total. The van der Waals surface area contributed by atoms with Gasteiger partial charge in [0.15, 0.2) is 0 Å². The highest BCUT2D eigenvalue weighted by atomic mass is 35.5. The Labute approximate surface area is 178 Å². The minimum absolute atomic E-state index is 0.0805. The first-order chi connectivity index (χ1) is 13.8. The Morgan fingerprint density at radius 2 is 1.76 bits per heavy atom. The first-order valence-corrected chi connectivity index (χ1v) is 9.67. The highest BCUT2D eigenvalue weighted by Gasteiger charge is 2.14. The van der Waals surface area contributed by atoms with Crippen LogP contribution in [-0.2, 0) is 0 Å². The topological polar surface area (TPSA) is 67.4 Å². The third kappa shape index (κ3) is 5.44. The van der Waals surface area contributed by atoms with E-state index in [9.17, 15) is 18.4 Å². The lowest BCUT2D eigenvalue weighted by atomic mass is 10.1. The monoisotopic (exact) mass is 456 g/mol. The molecule has 0 aliphatic heterocycles. The molecule has 3 rings (SSSR count). The Kier molecular flexibility index (Phi) is 6.68. The predicted octanol–water partition coefficient (Wildman–Crippen LogP) is 6.16. The van der Waals surface area contributed by atoms with E-state index >= 15 is 0 Å². The van der Waals surface area contributed by atoms with Gasteiger partial charge in [0.25, 0.3) is 11.8 Å². The van der Waals surface area contributed by atoms with Crippen molar-refractivity contribution in [3.05, 3.63) is 74.4 Å². The first kappa shape index (κ1) is 21.0. The van der Waals surface area contributed by atoms with Crippen LogP contribution in [0, 0.1) is 0 Å². The molecule has 2 aromatic carbocycles. The third-order valence-corrected chi connectivity index (χ3v) is 5.12. The minimum atomic E-state index is -3.01. The molecule has 1 aromatic heterocycles. The van der Waals surface area contributed by atoms with Crippen molar-refractivity contribution in [2.24, 2.45) is 0 Å². The number of ether oxygens (including phenoxy) is 1. The van der Waals surface area contributed by atoms with Gasteiger partial charge in [-0.3, -0.25) is 9.59 Å². The molecule has 0 radical (unpaired) electrons. The summed E-state index contributed by atoms with van der Waals surface area (Å²) in [6, 6.07) is 11.7. The molecule has 0 bridgehead atoms.